The molecule has 37 heavy (non-hydrogen) atoms. The standard InChI is InChI=1S/C25H34BF3O7S/c1-14-15(10-11-26-34-19-13-16-12-18(23(16,5)6)24(19,7)36-26)8-9-17(35-37(31,32)25(27,28)29)20(14)21(30)33-22(2,3)4/h8-9,16,18-19H,10-13H2,1-7H3/t16?,18?,19?,24-/m0/s1. The molecule has 0 N–H and O–H groups in total. The van der Waals surface area contributed by atoms with Crippen molar-refractivity contribution in [2.75, 3.05) is 0 Å². The van der Waals surface area contributed by atoms with Gasteiger partial charge >= 0.3 is 28.7 Å². The Morgan fingerprint density at radius 3 is 2.38 bits per heavy atom. The van der Waals surface area contributed by atoms with Crippen molar-refractivity contribution in [3.8, 4) is 5.75 Å². The summed E-state index contributed by atoms with van der Waals surface area (Å²) in [7, 11) is -6.45. The zero-order chi connectivity index (χ0) is 27.8. The van der Waals surface area contributed by atoms with Crippen LogP contribution in [-0.2, 0) is 30.6 Å². The Morgan fingerprint density at radius 2 is 1.81 bits per heavy atom. The molecule has 3 saturated carbocycles. The van der Waals surface area contributed by atoms with E-state index >= 15 is 0 Å². The summed E-state index contributed by atoms with van der Waals surface area (Å²) >= 11 is 0. The molecular formula is C25H34BF3O7S. The number of esters is 1. The number of hydrogen-bond donors (Lipinski definition) is 0. The highest BCUT2D eigenvalue weighted by Gasteiger charge is 2.67. The van der Waals surface area contributed by atoms with E-state index in [1.54, 1.807) is 20.8 Å². The van der Waals surface area contributed by atoms with Crippen LogP contribution >= 0.6 is 0 Å². The van der Waals surface area contributed by atoms with Crippen LogP contribution in [0.15, 0.2) is 12.1 Å². The minimum atomic E-state index is -5.98. The number of hydrogen-bond acceptors (Lipinski definition) is 7. The van der Waals surface area contributed by atoms with E-state index in [0.29, 0.717) is 30.1 Å². The number of aryl methyl sites for hydroxylation is 1. The lowest BCUT2D eigenvalue weighted by molar-refractivity contribution is -0.199. The van der Waals surface area contributed by atoms with Crippen LogP contribution in [0.4, 0.5) is 13.2 Å². The third-order valence-electron chi connectivity index (χ3n) is 8.28. The molecule has 1 heterocycles. The van der Waals surface area contributed by atoms with Crippen LogP contribution in [0.1, 0.15) is 75.9 Å². The predicted octanol–water partition coefficient (Wildman–Crippen LogP) is 5.45. The lowest BCUT2D eigenvalue weighted by Crippen LogP contribution is -2.65. The van der Waals surface area contributed by atoms with E-state index in [-0.39, 0.29) is 28.2 Å². The van der Waals surface area contributed by atoms with Gasteiger partial charge < -0.3 is 18.2 Å². The van der Waals surface area contributed by atoms with E-state index in [1.165, 1.54) is 13.0 Å². The molecule has 5 rings (SSSR count). The van der Waals surface area contributed by atoms with E-state index in [2.05, 4.69) is 25.0 Å². The van der Waals surface area contributed by atoms with Crippen molar-refractivity contribution >= 4 is 23.2 Å². The first-order valence-electron chi connectivity index (χ1n) is 12.5. The summed E-state index contributed by atoms with van der Waals surface area (Å²) in [4.78, 5) is 12.9. The Balaban J connectivity index is 1.56. The molecule has 0 aromatic heterocycles. The van der Waals surface area contributed by atoms with Gasteiger partial charge in [-0.25, -0.2) is 4.79 Å². The highest BCUT2D eigenvalue weighted by molar-refractivity contribution is 7.88. The predicted molar refractivity (Wildman–Crippen MR) is 131 cm³/mol. The molecule has 0 amide bonds. The van der Waals surface area contributed by atoms with Crippen LogP contribution in [0, 0.1) is 24.2 Å². The molecule has 0 radical (unpaired) electrons. The number of carbonyl (C=O) groups is 1. The van der Waals surface area contributed by atoms with Gasteiger partial charge in [0.15, 0.2) is 5.75 Å². The third kappa shape index (κ3) is 5.01. The number of halogens is 3. The Bertz CT molecular complexity index is 1190. The molecule has 3 aliphatic carbocycles. The zero-order valence-electron chi connectivity index (χ0n) is 22.2. The fourth-order valence-electron chi connectivity index (χ4n) is 6.17. The Kier molecular flexibility index (Phi) is 6.77. The smallest absolute Gasteiger partial charge is 0.456 e. The van der Waals surface area contributed by atoms with E-state index in [4.69, 9.17) is 14.0 Å². The second kappa shape index (κ2) is 8.88. The average molecular weight is 546 g/mol. The van der Waals surface area contributed by atoms with Crippen LogP contribution in [0.3, 0.4) is 0 Å². The minimum absolute atomic E-state index is 0.0102. The van der Waals surface area contributed by atoms with Crippen molar-refractivity contribution in [1.29, 1.82) is 0 Å². The fourth-order valence-corrected chi connectivity index (χ4v) is 6.64. The number of alkyl halides is 3. The molecular weight excluding hydrogens is 512 g/mol. The molecule has 4 aliphatic rings. The molecule has 206 valence electrons. The van der Waals surface area contributed by atoms with Crippen LogP contribution in [0.25, 0.3) is 0 Å². The lowest BCUT2D eigenvalue weighted by atomic mass is 9.43. The molecule has 7 nitrogen and oxygen atoms in total. The average Bonchev–Trinajstić information content (AvgIpc) is 3.06. The van der Waals surface area contributed by atoms with Crippen molar-refractivity contribution < 1.29 is 44.6 Å². The summed E-state index contributed by atoms with van der Waals surface area (Å²) in [6, 6.07) is 2.51. The zero-order valence-corrected chi connectivity index (χ0v) is 23.0. The summed E-state index contributed by atoms with van der Waals surface area (Å²) in [5.41, 5.74) is -6.26. The number of benzene rings is 1. The second-order valence-electron chi connectivity index (χ2n) is 12.1. The Hall–Kier alpha value is -1.79. The van der Waals surface area contributed by atoms with Gasteiger partial charge in [-0.15, -0.1) is 0 Å². The van der Waals surface area contributed by atoms with Gasteiger partial charge in [0.25, 0.3) is 0 Å². The quantitative estimate of drug-likeness (QED) is 0.203. The largest absolute Gasteiger partial charge is 0.534 e. The van der Waals surface area contributed by atoms with Gasteiger partial charge in [0.2, 0.25) is 0 Å². The monoisotopic (exact) mass is 546 g/mol. The first kappa shape index (κ1) is 28.2. The van der Waals surface area contributed by atoms with Gasteiger partial charge in [0.1, 0.15) is 11.2 Å². The van der Waals surface area contributed by atoms with E-state index in [0.717, 1.165) is 18.9 Å². The van der Waals surface area contributed by atoms with E-state index in [1.807, 2.05) is 0 Å². The minimum Gasteiger partial charge on any atom is -0.456 e. The first-order chi connectivity index (χ1) is 16.8. The Morgan fingerprint density at radius 1 is 1.16 bits per heavy atom. The third-order valence-corrected chi connectivity index (χ3v) is 9.24. The Labute approximate surface area is 216 Å². The maximum absolute atomic E-state index is 13.0. The molecule has 1 saturated heterocycles. The number of carbonyl (C=O) groups excluding carboxylic acids is 1. The molecule has 4 fully saturated rings. The van der Waals surface area contributed by atoms with Gasteiger partial charge in [-0.2, -0.15) is 21.6 Å². The molecule has 1 aliphatic heterocycles. The normalized spacial score (nSPS) is 28.9. The summed E-state index contributed by atoms with van der Waals surface area (Å²) in [5, 5.41) is 0. The van der Waals surface area contributed by atoms with Gasteiger partial charge in [0.05, 0.1) is 11.7 Å². The van der Waals surface area contributed by atoms with Gasteiger partial charge in [-0.3, -0.25) is 0 Å². The first-order valence-corrected chi connectivity index (χ1v) is 13.9. The van der Waals surface area contributed by atoms with Crippen LogP contribution in [-0.4, -0.2) is 44.3 Å². The van der Waals surface area contributed by atoms with E-state index < -0.39 is 40.1 Å². The van der Waals surface area contributed by atoms with Crippen molar-refractivity contribution in [1.82, 2.24) is 0 Å². The maximum atomic E-state index is 13.0. The number of ether oxygens (including phenoxy) is 1. The van der Waals surface area contributed by atoms with Crippen LogP contribution in [0.2, 0.25) is 6.32 Å². The molecule has 0 spiro atoms. The van der Waals surface area contributed by atoms with Gasteiger partial charge in [0, 0.05) is 0 Å². The lowest BCUT2D eigenvalue weighted by Gasteiger charge is -2.64. The molecule has 12 heteroatoms. The summed E-state index contributed by atoms with van der Waals surface area (Å²) in [5.74, 6) is -0.701. The fraction of sp³-hybridized carbons (Fsp3) is 0.720. The molecule has 4 atom stereocenters. The van der Waals surface area contributed by atoms with Crippen molar-refractivity contribution in [2.24, 2.45) is 17.3 Å². The molecule has 1 aromatic carbocycles. The summed E-state index contributed by atoms with van der Waals surface area (Å²) in [6.45, 7) is 13.0. The van der Waals surface area contributed by atoms with Crippen LogP contribution in [0.5, 0.6) is 5.75 Å². The van der Waals surface area contributed by atoms with Crippen molar-refractivity contribution in [2.45, 2.75) is 96.9 Å². The molecule has 3 unspecified atom stereocenters. The molecule has 2 bridgehead atoms. The van der Waals surface area contributed by atoms with Crippen molar-refractivity contribution in [3.05, 3.63) is 28.8 Å². The van der Waals surface area contributed by atoms with Gasteiger partial charge in [-0.1, -0.05) is 19.9 Å². The maximum Gasteiger partial charge on any atom is 0.534 e. The van der Waals surface area contributed by atoms with Gasteiger partial charge in [-0.05, 0) is 94.6 Å². The summed E-state index contributed by atoms with van der Waals surface area (Å²) < 4.78 is 84.7. The molecule has 1 aromatic rings. The van der Waals surface area contributed by atoms with E-state index in [9.17, 15) is 26.4 Å². The summed E-state index contributed by atoms with van der Waals surface area (Å²) in [6.07, 6.45) is 2.92. The number of rotatable bonds is 6. The van der Waals surface area contributed by atoms with Crippen molar-refractivity contribution in [3.63, 3.8) is 0 Å². The van der Waals surface area contributed by atoms with Crippen LogP contribution < -0.4 is 4.18 Å². The highest BCUT2D eigenvalue weighted by Crippen LogP contribution is 2.65. The second-order valence-corrected chi connectivity index (χ2v) is 13.7. The SMILES string of the molecule is Cc1c(CCB2OC3CC4CC(C4(C)C)[C@]3(C)O2)ccc(OS(=O)(=O)C(F)(F)F)c1C(=O)OC(C)(C)C. The topological polar surface area (TPSA) is 88.1 Å². The highest BCUT2D eigenvalue weighted by atomic mass is 32.2.